The van der Waals surface area contributed by atoms with Crippen molar-refractivity contribution < 1.29 is 17.9 Å². The number of nitrogens with two attached hydrogens (primary N) is 1. The molecule has 0 aromatic heterocycles. The van der Waals surface area contributed by atoms with Crippen LogP contribution in [0.15, 0.2) is 23.1 Å². The summed E-state index contributed by atoms with van der Waals surface area (Å²) in [6.45, 7) is 6.20. The van der Waals surface area contributed by atoms with Crippen LogP contribution in [-0.4, -0.2) is 34.3 Å². The molecule has 0 saturated heterocycles. The molecule has 1 aromatic carbocycles. The number of nitrogens with one attached hydrogen (secondary N) is 1. The molecule has 114 valence electrons. The van der Waals surface area contributed by atoms with Crippen LogP contribution in [-0.2, 0) is 14.8 Å². The number of sulfonamides is 1. The predicted molar refractivity (Wildman–Crippen MR) is 78.3 cm³/mol. The van der Waals surface area contributed by atoms with Crippen molar-refractivity contribution >= 4 is 15.7 Å². The predicted octanol–water partition coefficient (Wildman–Crippen LogP) is 1.37. The van der Waals surface area contributed by atoms with Gasteiger partial charge in [0, 0.05) is 13.2 Å². The van der Waals surface area contributed by atoms with Gasteiger partial charge in [0.25, 0.3) is 0 Å². The molecule has 0 aliphatic heterocycles. The van der Waals surface area contributed by atoms with Crippen LogP contribution in [0.2, 0.25) is 0 Å². The highest BCUT2D eigenvalue weighted by molar-refractivity contribution is 7.89. The first kappa shape index (κ1) is 16.7. The molecular formula is C13H22N2O4S. The Morgan fingerprint density at radius 1 is 1.35 bits per heavy atom. The second kappa shape index (κ2) is 6.43. The molecule has 0 spiro atoms. The molecule has 0 amide bonds. The van der Waals surface area contributed by atoms with Crippen molar-refractivity contribution in [2.75, 3.05) is 26.0 Å². The minimum atomic E-state index is -3.62. The highest BCUT2D eigenvalue weighted by Gasteiger charge is 2.23. The van der Waals surface area contributed by atoms with Crippen molar-refractivity contribution in [3.63, 3.8) is 0 Å². The second-order valence-electron chi connectivity index (χ2n) is 4.92. The maximum absolute atomic E-state index is 12.2. The lowest BCUT2D eigenvalue weighted by Gasteiger charge is -2.24. The van der Waals surface area contributed by atoms with Crippen molar-refractivity contribution in [2.45, 2.75) is 31.3 Å². The van der Waals surface area contributed by atoms with Gasteiger partial charge >= 0.3 is 0 Å². The Balaban J connectivity index is 2.87. The van der Waals surface area contributed by atoms with E-state index < -0.39 is 15.6 Å². The Hall–Kier alpha value is -1.31. The van der Waals surface area contributed by atoms with Crippen LogP contribution in [0.4, 0.5) is 5.69 Å². The molecule has 6 nitrogen and oxygen atoms in total. The maximum Gasteiger partial charge on any atom is 0.240 e. The lowest BCUT2D eigenvalue weighted by Crippen LogP contribution is -2.40. The molecule has 0 aliphatic rings. The molecule has 0 unspecified atom stereocenters. The van der Waals surface area contributed by atoms with E-state index in [9.17, 15) is 8.42 Å². The molecular weight excluding hydrogens is 280 g/mol. The Labute approximate surface area is 120 Å². The molecule has 7 heteroatoms. The van der Waals surface area contributed by atoms with E-state index >= 15 is 0 Å². The third kappa shape index (κ3) is 4.36. The van der Waals surface area contributed by atoms with Crippen LogP contribution < -0.4 is 15.2 Å². The van der Waals surface area contributed by atoms with Gasteiger partial charge in [-0.25, -0.2) is 13.1 Å². The summed E-state index contributed by atoms with van der Waals surface area (Å²) < 4.78 is 37.3. The van der Waals surface area contributed by atoms with Gasteiger partial charge in [-0.2, -0.15) is 0 Å². The first-order chi connectivity index (χ1) is 9.22. The average Bonchev–Trinajstić information content (AvgIpc) is 2.36. The maximum atomic E-state index is 12.2. The summed E-state index contributed by atoms with van der Waals surface area (Å²) in [5.41, 5.74) is 5.42. The van der Waals surface area contributed by atoms with E-state index in [1.54, 1.807) is 0 Å². The summed E-state index contributed by atoms with van der Waals surface area (Å²) in [7, 11) is -2.15. The van der Waals surface area contributed by atoms with E-state index in [1.165, 1.54) is 25.3 Å². The minimum absolute atomic E-state index is 0.100. The van der Waals surface area contributed by atoms with Crippen molar-refractivity contribution in [2.24, 2.45) is 0 Å². The van der Waals surface area contributed by atoms with E-state index in [0.717, 1.165) is 0 Å². The molecule has 0 fully saturated rings. The zero-order valence-electron chi connectivity index (χ0n) is 12.3. The molecule has 1 rings (SSSR count). The molecule has 0 bridgehead atoms. The molecule has 0 aliphatic carbocycles. The first-order valence-corrected chi connectivity index (χ1v) is 7.77. The Morgan fingerprint density at radius 2 is 2.00 bits per heavy atom. The van der Waals surface area contributed by atoms with Gasteiger partial charge < -0.3 is 15.2 Å². The number of benzene rings is 1. The normalized spacial score (nSPS) is 12.4. The van der Waals surface area contributed by atoms with Crippen LogP contribution >= 0.6 is 0 Å². The summed E-state index contributed by atoms with van der Waals surface area (Å²) in [5.74, 6) is 0.443. The van der Waals surface area contributed by atoms with E-state index in [4.69, 9.17) is 15.2 Å². The van der Waals surface area contributed by atoms with Gasteiger partial charge in [0.2, 0.25) is 10.0 Å². The molecule has 0 atom stereocenters. The number of rotatable bonds is 7. The summed E-state index contributed by atoms with van der Waals surface area (Å²) in [5, 5.41) is 0. The molecule has 3 N–H and O–H groups in total. The largest absolute Gasteiger partial charge is 0.495 e. The van der Waals surface area contributed by atoms with Crippen LogP contribution in [0.25, 0.3) is 0 Å². The summed E-state index contributed by atoms with van der Waals surface area (Å²) in [6, 6.07) is 4.34. The monoisotopic (exact) mass is 302 g/mol. The van der Waals surface area contributed by atoms with Gasteiger partial charge in [0.05, 0.1) is 23.3 Å². The third-order valence-electron chi connectivity index (χ3n) is 2.73. The smallest absolute Gasteiger partial charge is 0.240 e. The molecule has 0 saturated carbocycles. The van der Waals surface area contributed by atoms with Gasteiger partial charge in [-0.15, -0.1) is 0 Å². The van der Waals surface area contributed by atoms with Crippen molar-refractivity contribution in [1.82, 2.24) is 4.72 Å². The number of hydrogen-bond acceptors (Lipinski definition) is 5. The lowest BCUT2D eigenvalue weighted by molar-refractivity contribution is -0.00515. The summed E-state index contributed by atoms with van der Waals surface area (Å²) >= 11 is 0. The van der Waals surface area contributed by atoms with E-state index in [-0.39, 0.29) is 17.1 Å². The number of anilines is 1. The Bertz CT molecular complexity index is 555. The van der Waals surface area contributed by atoms with Crippen LogP contribution in [0.5, 0.6) is 5.75 Å². The fourth-order valence-corrected chi connectivity index (χ4v) is 2.91. The number of ether oxygens (including phenoxy) is 2. The fourth-order valence-electron chi connectivity index (χ4n) is 1.67. The van der Waals surface area contributed by atoms with Gasteiger partial charge in [0.15, 0.2) is 0 Å². The molecule has 0 heterocycles. The number of methoxy groups -OCH3 is 1. The summed E-state index contributed by atoms with van der Waals surface area (Å²) in [6.07, 6.45) is 0. The first-order valence-electron chi connectivity index (χ1n) is 6.29. The molecule has 20 heavy (non-hydrogen) atoms. The highest BCUT2D eigenvalue weighted by Crippen LogP contribution is 2.24. The lowest BCUT2D eigenvalue weighted by atomic mass is 10.1. The van der Waals surface area contributed by atoms with E-state index in [1.807, 2.05) is 20.8 Å². The van der Waals surface area contributed by atoms with Crippen molar-refractivity contribution in [3.05, 3.63) is 18.2 Å². The summed E-state index contributed by atoms with van der Waals surface area (Å²) in [4.78, 5) is 0.100. The number of nitrogen functional groups attached to an aromatic ring is 1. The highest BCUT2D eigenvalue weighted by atomic mass is 32.2. The van der Waals surface area contributed by atoms with Crippen LogP contribution in [0.1, 0.15) is 20.8 Å². The van der Waals surface area contributed by atoms with Crippen molar-refractivity contribution in [1.29, 1.82) is 0 Å². The van der Waals surface area contributed by atoms with Crippen molar-refractivity contribution in [3.8, 4) is 5.75 Å². The van der Waals surface area contributed by atoms with E-state index in [0.29, 0.717) is 12.4 Å². The Kier molecular flexibility index (Phi) is 5.38. The standard InChI is InChI=1S/C13H22N2O4S/c1-5-19-13(2,3)9-15-20(16,17)10-6-7-12(18-4)11(14)8-10/h6-8,15H,5,9,14H2,1-4H3. The SMILES string of the molecule is CCOC(C)(C)CNS(=O)(=O)c1ccc(OC)c(N)c1. The van der Waals surface area contributed by atoms with Crippen LogP contribution in [0, 0.1) is 0 Å². The molecule has 1 aromatic rings. The fraction of sp³-hybridized carbons (Fsp3) is 0.538. The topological polar surface area (TPSA) is 90.6 Å². The van der Waals surface area contributed by atoms with Gasteiger partial charge in [-0.1, -0.05) is 0 Å². The zero-order valence-corrected chi connectivity index (χ0v) is 13.1. The van der Waals surface area contributed by atoms with E-state index in [2.05, 4.69) is 4.72 Å². The number of hydrogen-bond donors (Lipinski definition) is 2. The van der Waals surface area contributed by atoms with Gasteiger partial charge in [-0.05, 0) is 39.0 Å². The van der Waals surface area contributed by atoms with Gasteiger partial charge in [-0.3, -0.25) is 0 Å². The zero-order chi connectivity index (χ0) is 15.4. The minimum Gasteiger partial charge on any atom is -0.495 e. The Morgan fingerprint density at radius 3 is 2.50 bits per heavy atom. The molecule has 0 radical (unpaired) electrons. The second-order valence-corrected chi connectivity index (χ2v) is 6.69. The third-order valence-corrected chi connectivity index (χ3v) is 4.13. The van der Waals surface area contributed by atoms with Crippen LogP contribution in [0.3, 0.4) is 0 Å². The van der Waals surface area contributed by atoms with Gasteiger partial charge in [0.1, 0.15) is 5.75 Å². The quantitative estimate of drug-likeness (QED) is 0.742. The average molecular weight is 302 g/mol.